The molecule has 3 N–H and O–H groups in total. The summed E-state index contributed by atoms with van der Waals surface area (Å²) in [6.07, 6.45) is 3.33. The fraction of sp³-hybridized carbons (Fsp3) is 0.750. The summed E-state index contributed by atoms with van der Waals surface area (Å²) >= 11 is 2.01. The van der Waals surface area contributed by atoms with E-state index >= 15 is 0 Å². The molecule has 1 spiro atoms. The topological polar surface area (TPSA) is 60.4 Å². The smallest absolute Gasteiger partial charge is 0.106 e. The monoisotopic (exact) mass is 310 g/mol. The third-order valence-electron chi connectivity index (χ3n) is 5.18. The van der Waals surface area contributed by atoms with E-state index < -0.39 is 0 Å². The van der Waals surface area contributed by atoms with E-state index in [1.54, 1.807) is 0 Å². The van der Waals surface area contributed by atoms with Crippen molar-refractivity contribution >= 4 is 11.8 Å². The Hall–Kier alpha value is -0.490. The Balaban J connectivity index is 1.85. The Labute approximate surface area is 131 Å². The molecule has 5 heteroatoms. The number of rotatable bonds is 3. The van der Waals surface area contributed by atoms with Crippen LogP contribution < -0.4 is 11.3 Å². The SMILES string of the molecule is Cc1oc(C)c(C(NN)C2CCOC3(CCSC3)C2)c1C. The Morgan fingerprint density at radius 3 is 2.71 bits per heavy atom. The van der Waals surface area contributed by atoms with Crippen LogP contribution in [0.5, 0.6) is 0 Å². The molecule has 2 aliphatic rings. The van der Waals surface area contributed by atoms with Crippen LogP contribution in [0.15, 0.2) is 4.42 Å². The molecule has 2 fully saturated rings. The lowest BCUT2D eigenvalue weighted by molar-refractivity contribution is -0.0855. The van der Waals surface area contributed by atoms with Crippen molar-refractivity contribution in [2.45, 2.75) is 51.7 Å². The van der Waals surface area contributed by atoms with E-state index in [-0.39, 0.29) is 11.6 Å². The van der Waals surface area contributed by atoms with Gasteiger partial charge in [-0.15, -0.1) is 0 Å². The highest BCUT2D eigenvalue weighted by atomic mass is 32.2. The predicted octanol–water partition coefficient (Wildman–Crippen LogP) is 3.01. The molecule has 1 aromatic rings. The molecule has 0 saturated carbocycles. The zero-order chi connectivity index (χ0) is 15.0. The second-order valence-corrected chi connectivity index (χ2v) is 7.59. The van der Waals surface area contributed by atoms with Crippen LogP contribution in [0, 0.1) is 26.7 Å². The van der Waals surface area contributed by atoms with Crippen molar-refractivity contribution in [1.29, 1.82) is 0 Å². The lowest BCUT2D eigenvalue weighted by Gasteiger charge is -2.40. The molecule has 118 valence electrons. The van der Waals surface area contributed by atoms with Gasteiger partial charge in [-0.05, 0) is 57.3 Å². The molecule has 3 rings (SSSR count). The first-order valence-corrected chi connectivity index (χ1v) is 8.96. The third kappa shape index (κ3) is 2.77. The Bertz CT molecular complexity index is 509. The summed E-state index contributed by atoms with van der Waals surface area (Å²) in [7, 11) is 0. The Kier molecular flexibility index (Phi) is 4.37. The van der Waals surface area contributed by atoms with Gasteiger partial charge < -0.3 is 9.15 Å². The minimum atomic E-state index is 0.0866. The number of aryl methyl sites for hydroxylation is 2. The fourth-order valence-corrected chi connectivity index (χ4v) is 5.31. The van der Waals surface area contributed by atoms with Gasteiger partial charge in [0.25, 0.3) is 0 Å². The van der Waals surface area contributed by atoms with Gasteiger partial charge in [-0.3, -0.25) is 11.3 Å². The van der Waals surface area contributed by atoms with Gasteiger partial charge in [0.1, 0.15) is 11.5 Å². The molecule has 0 amide bonds. The third-order valence-corrected chi connectivity index (χ3v) is 6.40. The normalized spacial score (nSPS) is 31.0. The van der Waals surface area contributed by atoms with Crippen molar-refractivity contribution in [3.8, 4) is 0 Å². The first-order valence-electron chi connectivity index (χ1n) is 7.80. The summed E-state index contributed by atoms with van der Waals surface area (Å²) in [6, 6.07) is 0.161. The molecule has 4 nitrogen and oxygen atoms in total. The van der Waals surface area contributed by atoms with Crippen LogP contribution in [-0.4, -0.2) is 23.7 Å². The maximum atomic E-state index is 6.14. The summed E-state index contributed by atoms with van der Waals surface area (Å²) in [4.78, 5) is 0. The van der Waals surface area contributed by atoms with Crippen LogP contribution in [0.25, 0.3) is 0 Å². The average molecular weight is 310 g/mol. The van der Waals surface area contributed by atoms with Gasteiger partial charge >= 0.3 is 0 Å². The molecule has 0 aromatic carbocycles. The summed E-state index contributed by atoms with van der Waals surface area (Å²) in [5.74, 6) is 10.8. The van der Waals surface area contributed by atoms with Crippen LogP contribution in [0.2, 0.25) is 0 Å². The number of hydrogen-bond donors (Lipinski definition) is 2. The van der Waals surface area contributed by atoms with E-state index in [9.17, 15) is 0 Å². The summed E-state index contributed by atoms with van der Waals surface area (Å²) in [5, 5.41) is 0. The lowest BCUT2D eigenvalue weighted by Crippen LogP contribution is -2.45. The highest BCUT2D eigenvalue weighted by Crippen LogP contribution is 2.45. The van der Waals surface area contributed by atoms with E-state index in [0.717, 1.165) is 36.7 Å². The van der Waals surface area contributed by atoms with Gasteiger partial charge in [-0.2, -0.15) is 11.8 Å². The van der Waals surface area contributed by atoms with E-state index in [1.807, 2.05) is 25.6 Å². The number of hydrogen-bond acceptors (Lipinski definition) is 5. The van der Waals surface area contributed by atoms with E-state index in [1.165, 1.54) is 23.3 Å². The maximum Gasteiger partial charge on any atom is 0.106 e. The minimum absolute atomic E-state index is 0.0866. The van der Waals surface area contributed by atoms with Crippen molar-refractivity contribution in [2.24, 2.45) is 11.8 Å². The van der Waals surface area contributed by atoms with Crippen molar-refractivity contribution in [3.05, 3.63) is 22.6 Å². The standard InChI is InChI=1S/C16H26N2O2S/c1-10-11(2)20-12(3)14(10)15(18-17)13-4-6-19-16(8-13)5-7-21-9-16/h13,15,18H,4-9,17H2,1-3H3. The van der Waals surface area contributed by atoms with E-state index in [4.69, 9.17) is 15.0 Å². The molecular weight excluding hydrogens is 284 g/mol. The highest BCUT2D eigenvalue weighted by Gasteiger charge is 2.43. The van der Waals surface area contributed by atoms with Gasteiger partial charge in [-0.1, -0.05) is 0 Å². The largest absolute Gasteiger partial charge is 0.466 e. The molecule has 3 unspecified atom stereocenters. The first kappa shape index (κ1) is 15.4. The zero-order valence-corrected chi connectivity index (χ0v) is 14.0. The highest BCUT2D eigenvalue weighted by molar-refractivity contribution is 7.99. The molecule has 0 radical (unpaired) electrons. The summed E-state index contributed by atoms with van der Waals surface area (Å²) in [6.45, 7) is 7.04. The van der Waals surface area contributed by atoms with Gasteiger partial charge in [0.2, 0.25) is 0 Å². The molecule has 3 heterocycles. The number of hydrazine groups is 1. The van der Waals surface area contributed by atoms with Crippen LogP contribution in [0.3, 0.4) is 0 Å². The fourth-order valence-electron chi connectivity index (χ4n) is 3.94. The molecule has 3 atom stereocenters. The Morgan fingerprint density at radius 2 is 2.14 bits per heavy atom. The maximum absolute atomic E-state index is 6.14. The van der Waals surface area contributed by atoms with Crippen molar-refractivity contribution in [2.75, 3.05) is 18.1 Å². The average Bonchev–Trinajstić information content (AvgIpc) is 3.00. The summed E-state index contributed by atoms with van der Waals surface area (Å²) < 4.78 is 11.9. The number of nitrogens with two attached hydrogens (primary N) is 1. The number of thioether (sulfide) groups is 1. The molecule has 2 saturated heterocycles. The zero-order valence-electron chi connectivity index (χ0n) is 13.2. The number of nitrogens with one attached hydrogen (secondary N) is 1. The van der Waals surface area contributed by atoms with Crippen LogP contribution >= 0.6 is 11.8 Å². The van der Waals surface area contributed by atoms with Crippen molar-refractivity contribution in [1.82, 2.24) is 5.43 Å². The molecular formula is C16H26N2O2S. The lowest BCUT2D eigenvalue weighted by atomic mass is 9.78. The van der Waals surface area contributed by atoms with Crippen LogP contribution in [-0.2, 0) is 4.74 Å². The van der Waals surface area contributed by atoms with Gasteiger partial charge in [-0.25, -0.2) is 0 Å². The van der Waals surface area contributed by atoms with Gasteiger partial charge in [0, 0.05) is 17.9 Å². The van der Waals surface area contributed by atoms with Crippen molar-refractivity contribution < 1.29 is 9.15 Å². The number of furan rings is 1. The molecule has 0 bridgehead atoms. The van der Waals surface area contributed by atoms with Gasteiger partial charge in [0.05, 0.1) is 11.6 Å². The second-order valence-electron chi connectivity index (χ2n) is 6.48. The molecule has 21 heavy (non-hydrogen) atoms. The quantitative estimate of drug-likeness (QED) is 0.664. The van der Waals surface area contributed by atoms with Crippen LogP contribution in [0.1, 0.15) is 48.0 Å². The van der Waals surface area contributed by atoms with E-state index in [2.05, 4.69) is 12.3 Å². The Morgan fingerprint density at radius 1 is 1.33 bits per heavy atom. The first-order chi connectivity index (χ1) is 10.1. The van der Waals surface area contributed by atoms with Crippen molar-refractivity contribution in [3.63, 3.8) is 0 Å². The van der Waals surface area contributed by atoms with Gasteiger partial charge in [0.15, 0.2) is 0 Å². The van der Waals surface area contributed by atoms with E-state index in [0.29, 0.717) is 5.92 Å². The summed E-state index contributed by atoms with van der Waals surface area (Å²) in [5.41, 5.74) is 5.64. The molecule has 2 aliphatic heterocycles. The molecule has 1 aromatic heterocycles. The minimum Gasteiger partial charge on any atom is -0.466 e. The number of ether oxygens (including phenoxy) is 1. The molecule has 0 aliphatic carbocycles. The predicted molar refractivity (Wildman–Crippen MR) is 86.3 cm³/mol. The second kappa shape index (κ2) is 5.95. The van der Waals surface area contributed by atoms with Crippen LogP contribution in [0.4, 0.5) is 0 Å².